The van der Waals surface area contributed by atoms with Crippen LogP contribution in [0.2, 0.25) is 0 Å². The van der Waals surface area contributed by atoms with Crippen molar-refractivity contribution in [2.45, 2.75) is 13.3 Å². The number of methoxy groups -OCH3 is 1. The van der Waals surface area contributed by atoms with E-state index in [1.165, 1.54) is 7.11 Å². The van der Waals surface area contributed by atoms with Crippen molar-refractivity contribution in [1.82, 2.24) is 4.98 Å². The molecule has 0 spiro atoms. The van der Waals surface area contributed by atoms with Crippen molar-refractivity contribution in [3.63, 3.8) is 0 Å². The third-order valence-electron chi connectivity index (χ3n) is 1.52. The number of aryl methyl sites for hydroxylation is 1. The first-order valence-corrected chi connectivity index (χ1v) is 4.61. The van der Waals surface area contributed by atoms with Crippen molar-refractivity contribution in [2.24, 2.45) is 0 Å². The Balaban J connectivity index is 2.83. The summed E-state index contributed by atoms with van der Waals surface area (Å²) < 4.78 is 5.47. The van der Waals surface area contributed by atoms with E-state index >= 15 is 0 Å². The minimum absolute atomic E-state index is 0.219. The Bertz CT molecular complexity index is 305. The minimum Gasteiger partial charge on any atom is -0.469 e. The number of rotatable bonds is 2. The predicted octanol–water partition coefficient (Wildman–Crippen LogP) is 1.87. The van der Waals surface area contributed by atoms with Crippen molar-refractivity contribution in [2.75, 3.05) is 7.11 Å². The molecule has 0 aliphatic carbocycles. The van der Waals surface area contributed by atoms with Crippen LogP contribution >= 0.6 is 15.9 Å². The van der Waals surface area contributed by atoms with Gasteiger partial charge in [0.1, 0.15) is 0 Å². The van der Waals surface area contributed by atoms with Crippen molar-refractivity contribution in [3.8, 4) is 0 Å². The molecule has 0 saturated heterocycles. The summed E-state index contributed by atoms with van der Waals surface area (Å²) in [6.07, 6.45) is 0.219. The van der Waals surface area contributed by atoms with Crippen molar-refractivity contribution < 1.29 is 9.53 Å². The summed E-state index contributed by atoms with van der Waals surface area (Å²) in [6.45, 7) is 1.88. The molecule has 1 heterocycles. The first kappa shape index (κ1) is 10.2. The molecule has 3 nitrogen and oxygen atoms in total. The topological polar surface area (TPSA) is 39.2 Å². The van der Waals surface area contributed by atoms with E-state index in [1.54, 1.807) is 0 Å². The van der Waals surface area contributed by atoms with Gasteiger partial charge in [0.05, 0.1) is 19.2 Å². The van der Waals surface area contributed by atoms with Crippen molar-refractivity contribution in [1.29, 1.82) is 0 Å². The summed E-state index contributed by atoms with van der Waals surface area (Å²) in [7, 11) is 1.37. The number of hydrogen-bond donors (Lipinski definition) is 0. The maximum Gasteiger partial charge on any atom is 0.311 e. The highest BCUT2D eigenvalue weighted by molar-refractivity contribution is 9.10. The molecular formula is C9H10BrNO2. The molecule has 13 heavy (non-hydrogen) atoms. The van der Waals surface area contributed by atoms with Gasteiger partial charge in [0.2, 0.25) is 0 Å². The van der Waals surface area contributed by atoms with E-state index in [2.05, 4.69) is 25.7 Å². The summed E-state index contributed by atoms with van der Waals surface area (Å²) >= 11 is 3.33. The molecule has 0 saturated carbocycles. The van der Waals surface area contributed by atoms with Crippen LogP contribution in [-0.4, -0.2) is 18.1 Å². The van der Waals surface area contributed by atoms with E-state index in [0.717, 1.165) is 15.9 Å². The lowest BCUT2D eigenvalue weighted by atomic mass is 10.2. The lowest BCUT2D eigenvalue weighted by molar-refractivity contribution is -0.139. The molecule has 0 aromatic carbocycles. The Hall–Kier alpha value is -0.900. The fourth-order valence-electron chi connectivity index (χ4n) is 1.00. The maximum atomic E-state index is 10.9. The van der Waals surface area contributed by atoms with Crippen LogP contribution in [0.4, 0.5) is 0 Å². The quantitative estimate of drug-likeness (QED) is 0.745. The fourth-order valence-corrected chi connectivity index (χ4v) is 1.60. The van der Waals surface area contributed by atoms with Gasteiger partial charge in [-0.1, -0.05) is 15.9 Å². The first-order chi connectivity index (χ1) is 6.11. The second kappa shape index (κ2) is 4.37. The van der Waals surface area contributed by atoms with Crippen LogP contribution in [0.5, 0.6) is 0 Å². The summed E-state index contributed by atoms with van der Waals surface area (Å²) in [5.74, 6) is -0.273. The molecule has 0 amide bonds. The number of pyridine rings is 1. The van der Waals surface area contributed by atoms with Gasteiger partial charge in [-0.05, 0) is 19.1 Å². The van der Waals surface area contributed by atoms with Gasteiger partial charge in [0, 0.05) is 10.2 Å². The highest BCUT2D eigenvalue weighted by atomic mass is 79.9. The summed E-state index contributed by atoms with van der Waals surface area (Å²) in [5.41, 5.74) is 1.60. The summed E-state index contributed by atoms with van der Waals surface area (Å²) in [4.78, 5) is 15.1. The van der Waals surface area contributed by atoms with Crippen molar-refractivity contribution >= 4 is 21.9 Å². The Labute approximate surface area is 85.3 Å². The second-order valence-electron chi connectivity index (χ2n) is 2.67. The molecule has 0 atom stereocenters. The SMILES string of the molecule is COC(=O)Cc1cc(Br)cc(C)n1. The molecular weight excluding hydrogens is 234 g/mol. The van der Waals surface area contributed by atoms with Gasteiger partial charge < -0.3 is 4.74 Å². The van der Waals surface area contributed by atoms with Gasteiger partial charge in [0.25, 0.3) is 0 Å². The van der Waals surface area contributed by atoms with Crippen LogP contribution in [0.1, 0.15) is 11.4 Å². The molecule has 0 bridgehead atoms. The number of nitrogens with zero attached hydrogens (tertiary/aromatic N) is 1. The minimum atomic E-state index is -0.273. The Morgan fingerprint density at radius 2 is 2.31 bits per heavy atom. The molecule has 70 valence electrons. The number of esters is 1. The average Bonchev–Trinajstić information content (AvgIpc) is 2.02. The van der Waals surface area contributed by atoms with Gasteiger partial charge in [0.15, 0.2) is 0 Å². The van der Waals surface area contributed by atoms with Gasteiger partial charge in [-0.3, -0.25) is 9.78 Å². The molecule has 0 N–H and O–H groups in total. The summed E-state index contributed by atoms with van der Waals surface area (Å²) in [5, 5.41) is 0. The lowest BCUT2D eigenvalue weighted by Crippen LogP contribution is -2.06. The number of carbonyl (C=O) groups is 1. The third kappa shape index (κ3) is 3.14. The molecule has 0 radical (unpaired) electrons. The predicted molar refractivity (Wildman–Crippen MR) is 52.4 cm³/mol. The highest BCUT2D eigenvalue weighted by Crippen LogP contribution is 2.12. The highest BCUT2D eigenvalue weighted by Gasteiger charge is 2.05. The van der Waals surface area contributed by atoms with Crippen LogP contribution in [0.25, 0.3) is 0 Å². The van der Waals surface area contributed by atoms with E-state index in [-0.39, 0.29) is 12.4 Å². The van der Waals surface area contributed by atoms with Gasteiger partial charge in [-0.2, -0.15) is 0 Å². The molecule has 0 aliphatic rings. The van der Waals surface area contributed by atoms with E-state index in [0.29, 0.717) is 0 Å². The zero-order chi connectivity index (χ0) is 9.84. The maximum absolute atomic E-state index is 10.9. The normalized spacial score (nSPS) is 9.77. The zero-order valence-corrected chi connectivity index (χ0v) is 9.09. The van der Waals surface area contributed by atoms with E-state index in [1.807, 2.05) is 19.1 Å². The van der Waals surface area contributed by atoms with E-state index in [9.17, 15) is 4.79 Å². The van der Waals surface area contributed by atoms with Crippen LogP contribution < -0.4 is 0 Å². The number of ether oxygens (including phenoxy) is 1. The van der Waals surface area contributed by atoms with Crippen LogP contribution in [0.15, 0.2) is 16.6 Å². The molecule has 0 unspecified atom stereocenters. The summed E-state index contributed by atoms with van der Waals surface area (Å²) in [6, 6.07) is 3.70. The van der Waals surface area contributed by atoms with Crippen LogP contribution in [-0.2, 0) is 16.0 Å². The monoisotopic (exact) mass is 243 g/mol. The number of aromatic nitrogens is 1. The molecule has 0 aliphatic heterocycles. The Kier molecular flexibility index (Phi) is 3.42. The molecule has 1 aromatic rings. The molecule has 0 fully saturated rings. The van der Waals surface area contributed by atoms with Crippen LogP contribution in [0, 0.1) is 6.92 Å². The molecule has 4 heteroatoms. The molecule has 1 aromatic heterocycles. The van der Waals surface area contributed by atoms with Gasteiger partial charge in [-0.15, -0.1) is 0 Å². The van der Waals surface area contributed by atoms with Crippen LogP contribution in [0.3, 0.4) is 0 Å². The fraction of sp³-hybridized carbons (Fsp3) is 0.333. The number of halogens is 1. The smallest absolute Gasteiger partial charge is 0.311 e. The first-order valence-electron chi connectivity index (χ1n) is 3.81. The third-order valence-corrected chi connectivity index (χ3v) is 1.98. The molecule has 1 rings (SSSR count). The van der Waals surface area contributed by atoms with E-state index in [4.69, 9.17) is 0 Å². The average molecular weight is 244 g/mol. The number of hydrogen-bond acceptors (Lipinski definition) is 3. The van der Waals surface area contributed by atoms with Gasteiger partial charge in [-0.25, -0.2) is 0 Å². The Morgan fingerprint density at radius 3 is 2.85 bits per heavy atom. The number of carbonyl (C=O) groups excluding carboxylic acids is 1. The Morgan fingerprint density at radius 1 is 1.62 bits per heavy atom. The zero-order valence-electron chi connectivity index (χ0n) is 7.50. The standard InChI is InChI=1S/C9H10BrNO2/c1-6-3-7(10)4-8(11-6)5-9(12)13-2/h3-4H,5H2,1-2H3. The van der Waals surface area contributed by atoms with Crippen molar-refractivity contribution in [3.05, 3.63) is 28.0 Å². The van der Waals surface area contributed by atoms with Gasteiger partial charge >= 0.3 is 5.97 Å². The second-order valence-corrected chi connectivity index (χ2v) is 3.59. The van der Waals surface area contributed by atoms with E-state index < -0.39 is 0 Å². The largest absolute Gasteiger partial charge is 0.469 e. The lowest BCUT2D eigenvalue weighted by Gasteiger charge is -2.01.